The summed E-state index contributed by atoms with van der Waals surface area (Å²) in [5, 5.41) is 6.13. The van der Waals surface area contributed by atoms with Crippen LogP contribution < -0.4 is 10.6 Å². The molecule has 0 radical (unpaired) electrons. The van der Waals surface area contributed by atoms with Gasteiger partial charge in [0.1, 0.15) is 6.04 Å². The molecule has 1 unspecified atom stereocenters. The van der Waals surface area contributed by atoms with Crippen molar-refractivity contribution in [3.05, 3.63) is 42.2 Å². The second-order valence-corrected chi connectivity index (χ2v) is 4.36. The standard InChI is InChI=1S/C14H18N2O2/c1-3-18-8-4-7-15-13-11-9-10(2)5-6-12(11)16-14(13)17/h3,5-6,9,13,15H,1,4,7-8H2,2H3,(H,16,17). The first kappa shape index (κ1) is 12.6. The molecule has 1 aromatic rings. The van der Waals surface area contributed by atoms with Crippen LogP contribution in [0.15, 0.2) is 31.0 Å². The number of anilines is 1. The van der Waals surface area contributed by atoms with E-state index >= 15 is 0 Å². The van der Waals surface area contributed by atoms with Crippen LogP contribution >= 0.6 is 0 Å². The summed E-state index contributed by atoms with van der Waals surface area (Å²) in [6.45, 7) is 6.86. The maximum Gasteiger partial charge on any atom is 0.246 e. The Balaban J connectivity index is 1.95. The Morgan fingerprint density at radius 2 is 2.39 bits per heavy atom. The quantitative estimate of drug-likeness (QED) is 0.597. The number of hydrogen-bond donors (Lipinski definition) is 2. The number of aryl methyl sites for hydroxylation is 1. The SMILES string of the molecule is C=COCCCNC1C(=O)Nc2ccc(C)cc21. The van der Waals surface area contributed by atoms with E-state index in [0.29, 0.717) is 6.61 Å². The van der Waals surface area contributed by atoms with Gasteiger partial charge in [0.2, 0.25) is 5.91 Å². The van der Waals surface area contributed by atoms with Crippen molar-refractivity contribution < 1.29 is 9.53 Å². The molecule has 1 heterocycles. The van der Waals surface area contributed by atoms with Crippen molar-refractivity contribution in [1.82, 2.24) is 5.32 Å². The van der Waals surface area contributed by atoms with Gasteiger partial charge in [0, 0.05) is 11.3 Å². The first-order chi connectivity index (χ1) is 8.72. The van der Waals surface area contributed by atoms with Gasteiger partial charge < -0.3 is 15.4 Å². The predicted octanol–water partition coefficient (Wildman–Crippen LogP) is 2.13. The zero-order valence-electron chi connectivity index (χ0n) is 10.5. The van der Waals surface area contributed by atoms with E-state index in [4.69, 9.17) is 4.74 Å². The number of rotatable bonds is 6. The van der Waals surface area contributed by atoms with Crippen LogP contribution in [-0.2, 0) is 9.53 Å². The van der Waals surface area contributed by atoms with Crippen molar-refractivity contribution in [3.63, 3.8) is 0 Å². The monoisotopic (exact) mass is 246 g/mol. The summed E-state index contributed by atoms with van der Waals surface area (Å²) >= 11 is 0. The molecule has 0 saturated carbocycles. The molecule has 1 aliphatic heterocycles. The zero-order valence-corrected chi connectivity index (χ0v) is 10.5. The topological polar surface area (TPSA) is 50.4 Å². The van der Waals surface area contributed by atoms with Gasteiger partial charge in [-0.15, -0.1) is 0 Å². The molecule has 4 heteroatoms. The van der Waals surface area contributed by atoms with E-state index < -0.39 is 0 Å². The molecule has 2 N–H and O–H groups in total. The maximum atomic E-state index is 11.8. The van der Waals surface area contributed by atoms with Crippen molar-refractivity contribution in [2.45, 2.75) is 19.4 Å². The lowest BCUT2D eigenvalue weighted by Crippen LogP contribution is -2.28. The number of ether oxygens (including phenoxy) is 1. The van der Waals surface area contributed by atoms with E-state index in [-0.39, 0.29) is 11.9 Å². The maximum absolute atomic E-state index is 11.8. The highest BCUT2D eigenvalue weighted by Gasteiger charge is 2.29. The van der Waals surface area contributed by atoms with E-state index in [1.807, 2.05) is 25.1 Å². The van der Waals surface area contributed by atoms with Gasteiger partial charge in [0.05, 0.1) is 12.9 Å². The summed E-state index contributed by atoms with van der Waals surface area (Å²) in [7, 11) is 0. The molecule has 1 aromatic carbocycles. The number of nitrogens with one attached hydrogen (secondary N) is 2. The lowest BCUT2D eigenvalue weighted by Gasteiger charge is -2.11. The molecule has 0 bridgehead atoms. The molecule has 0 saturated heterocycles. The Labute approximate surface area is 107 Å². The fourth-order valence-electron chi connectivity index (χ4n) is 2.07. The Morgan fingerprint density at radius 3 is 3.17 bits per heavy atom. The minimum Gasteiger partial charge on any atom is -0.502 e. The number of amides is 1. The number of fused-ring (bicyclic) bond motifs is 1. The Morgan fingerprint density at radius 1 is 1.56 bits per heavy atom. The van der Waals surface area contributed by atoms with Crippen molar-refractivity contribution in [2.75, 3.05) is 18.5 Å². The minimum atomic E-state index is -0.247. The largest absolute Gasteiger partial charge is 0.502 e. The average Bonchev–Trinajstić information content (AvgIpc) is 2.65. The second kappa shape index (κ2) is 5.69. The molecule has 1 atom stereocenters. The van der Waals surface area contributed by atoms with Crippen molar-refractivity contribution in [3.8, 4) is 0 Å². The van der Waals surface area contributed by atoms with Gasteiger partial charge >= 0.3 is 0 Å². The molecule has 1 amide bonds. The summed E-state index contributed by atoms with van der Waals surface area (Å²) in [4.78, 5) is 11.8. The van der Waals surface area contributed by atoms with Crippen molar-refractivity contribution in [1.29, 1.82) is 0 Å². The summed E-state index contributed by atoms with van der Waals surface area (Å²) in [6, 6.07) is 5.75. The van der Waals surface area contributed by atoms with E-state index in [9.17, 15) is 4.79 Å². The van der Waals surface area contributed by atoms with E-state index in [2.05, 4.69) is 17.2 Å². The molecule has 96 valence electrons. The minimum absolute atomic E-state index is 0.0141. The van der Waals surface area contributed by atoms with Gasteiger partial charge in [-0.05, 0) is 26.0 Å². The zero-order chi connectivity index (χ0) is 13.0. The fourth-order valence-corrected chi connectivity index (χ4v) is 2.07. The molecule has 0 spiro atoms. The molecule has 2 rings (SSSR count). The van der Waals surface area contributed by atoms with Crippen LogP contribution in [0.25, 0.3) is 0 Å². The highest BCUT2D eigenvalue weighted by atomic mass is 16.5. The third-order valence-electron chi connectivity index (χ3n) is 2.94. The van der Waals surface area contributed by atoms with Crippen LogP contribution in [0.4, 0.5) is 5.69 Å². The van der Waals surface area contributed by atoms with Gasteiger partial charge in [-0.1, -0.05) is 24.3 Å². The first-order valence-electron chi connectivity index (χ1n) is 6.09. The number of hydrogen-bond acceptors (Lipinski definition) is 3. The van der Waals surface area contributed by atoms with Gasteiger partial charge in [-0.2, -0.15) is 0 Å². The van der Waals surface area contributed by atoms with E-state index in [1.165, 1.54) is 6.26 Å². The first-order valence-corrected chi connectivity index (χ1v) is 6.09. The third-order valence-corrected chi connectivity index (χ3v) is 2.94. The van der Waals surface area contributed by atoms with E-state index in [0.717, 1.165) is 29.8 Å². The molecule has 0 aliphatic carbocycles. The molecular formula is C14H18N2O2. The summed E-state index contributed by atoms with van der Waals surface area (Å²) < 4.78 is 5.04. The smallest absolute Gasteiger partial charge is 0.246 e. The predicted molar refractivity (Wildman–Crippen MR) is 71.3 cm³/mol. The van der Waals surface area contributed by atoms with Crippen LogP contribution in [0, 0.1) is 6.92 Å². The normalized spacial score (nSPS) is 17.2. The van der Waals surface area contributed by atoms with E-state index in [1.54, 1.807) is 0 Å². The van der Waals surface area contributed by atoms with Gasteiger partial charge in [-0.25, -0.2) is 0 Å². The molecule has 0 fully saturated rings. The lowest BCUT2D eigenvalue weighted by molar-refractivity contribution is -0.117. The summed E-state index contributed by atoms with van der Waals surface area (Å²) in [5.41, 5.74) is 3.10. The van der Waals surface area contributed by atoms with Crippen LogP contribution in [0.2, 0.25) is 0 Å². The number of carbonyl (C=O) groups is 1. The molecule has 1 aliphatic rings. The Bertz CT molecular complexity index is 457. The highest BCUT2D eigenvalue weighted by Crippen LogP contribution is 2.31. The fraction of sp³-hybridized carbons (Fsp3) is 0.357. The van der Waals surface area contributed by atoms with Gasteiger partial charge in [-0.3, -0.25) is 4.79 Å². The molecule has 4 nitrogen and oxygen atoms in total. The Kier molecular flexibility index (Phi) is 3.99. The molecule has 0 aromatic heterocycles. The van der Waals surface area contributed by atoms with Crippen molar-refractivity contribution >= 4 is 11.6 Å². The summed E-state index contributed by atoms with van der Waals surface area (Å²) in [6.07, 6.45) is 2.28. The highest BCUT2D eigenvalue weighted by molar-refractivity contribution is 6.02. The summed E-state index contributed by atoms with van der Waals surface area (Å²) in [5.74, 6) is 0.0141. The second-order valence-electron chi connectivity index (χ2n) is 4.36. The van der Waals surface area contributed by atoms with Crippen molar-refractivity contribution in [2.24, 2.45) is 0 Å². The van der Waals surface area contributed by atoms with Crippen LogP contribution in [0.1, 0.15) is 23.6 Å². The average molecular weight is 246 g/mol. The number of carbonyl (C=O) groups excluding carboxylic acids is 1. The van der Waals surface area contributed by atoms with Gasteiger partial charge in [0.25, 0.3) is 0 Å². The van der Waals surface area contributed by atoms with Crippen LogP contribution in [-0.4, -0.2) is 19.1 Å². The van der Waals surface area contributed by atoms with Gasteiger partial charge in [0.15, 0.2) is 0 Å². The number of benzene rings is 1. The van der Waals surface area contributed by atoms with Crippen LogP contribution in [0.3, 0.4) is 0 Å². The Hall–Kier alpha value is -1.81. The molecule has 18 heavy (non-hydrogen) atoms. The third kappa shape index (κ3) is 2.71. The molecular weight excluding hydrogens is 228 g/mol. The lowest BCUT2D eigenvalue weighted by atomic mass is 10.1. The van der Waals surface area contributed by atoms with Crippen LogP contribution in [0.5, 0.6) is 0 Å².